The van der Waals surface area contributed by atoms with E-state index >= 15 is 0 Å². The van der Waals surface area contributed by atoms with Gasteiger partial charge in [0.25, 0.3) is 0 Å². The molecule has 1 heterocycles. The number of carbonyl (C=O) groups is 1. The van der Waals surface area contributed by atoms with Gasteiger partial charge < -0.3 is 20.5 Å². The van der Waals surface area contributed by atoms with E-state index in [1.165, 1.54) is 0 Å². The molecule has 1 aliphatic carbocycles. The topological polar surface area (TPSA) is 73.6 Å². The smallest absolute Gasteiger partial charge is 0.240 e. The van der Waals surface area contributed by atoms with Crippen LogP contribution in [0.4, 0.5) is 0 Å². The minimum absolute atomic E-state index is 0. The van der Waals surface area contributed by atoms with Gasteiger partial charge in [0.15, 0.2) is 11.5 Å². The molecule has 1 aromatic rings. The molecule has 1 aromatic carbocycles. The number of rotatable bonds is 4. The van der Waals surface area contributed by atoms with Gasteiger partial charge in [-0.1, -0.05) is 18.9 Å². The van der Waals surface area contributed by atoms with Gasteiger partial charge in [-0.3, -0.25) is 4.79 Å². The maximum atomic E-state index is 12.1. The molecule has 0 unspecified atom stereocenters. The predicted octanol–water partition coefficient (Wildman–Crippen LogP) is 1.81. The van der Waals surface area contributed by atoms with Crippen LogP contribution < -0.4 is 20.5 Å². The zero-order valence-corrected chi connectivity index (χ0v) is 13.4. The number of nitrogens with one attached hydrogen (secondary N) is 1. The molecule has 3 N–H and O–H groups in total. The van der Waals surface area contributed by atoms with E-state index in [0.717, 1.165) is 49.2 Å². The second-order valence-electron chi connectivity index (χ2n) is 5.85. The van der Waals surface area contributed by atoms with Gasteiger partial charge in [0.1, 0.15) is 13.2 Å². The van der Waals surface area contributed by atoms with Crippen LogP contribution in [0.2, 0.25) is 0 Å². The maximum absolute atomic E-state index is 12.1. The SMILES string of the molecule is Cl.NC1(C(=O)NCCc2ccc3c(c2)OCCO3)CCCC1. The quantitative estimate of drug-likeness (QED) is 0.885. The average molecular weight is 327 g/mol. The Hall–Kier alpha value is -1.46. The minimum atomic E-state index is -0.646. The highest BCUT2D eigenvalue weighted by atomic mass is 35.5. The summed E-state index contributed by atoms with van der Waals surface area (Å²) in [5.41, 5.74) is 6.60. The van der Waals surface area contributed by atoms with E-state index in [-0.39, 0.29) is 18.3 Å². The Morgan fingerprint density at radius 1 is 1.18 bits per heavy atom. The largest absolute Gasteiger partial charge is 0.486 e. The highest BCUT2D eigenvalue weighted by molar-refractivity contribution is 5.86. The van der Waals surface area contributed by atoms with E-state index in [1.54, 1.807) is 0 Å². The molecular formula is C16H23ClN2O3. The highest BCUT2D eigenvalue weighted by Crippen LogP contribution is 2.31. The van der Waals surface area contributed by atoms with Crippen molar-refractivity contribution in [3.8, 4) is 11.5 Å². The number of benzene rings is 1. The molecule has 0 bridgehead atoms. The summed E-state index contributed by atoms with van der Waals surface area (Å²) < 4.78 is 11.0. The van der Waals surface area contributed by atoms with Gasteiger partial charge in [0.2, 0.25) is 5.91 Å². The van der Waals surface area contributed by atoms with Gasteiger partial charge >= 0.3 is 0 Å². The molecule has 0 saturated heterocycles. The molecule has 1 aliphatic heterocycles. The molecule has 1 fully saturated rings. The molecule has 0 atom stereocenters. The minimum Gasteiger partial charge on any atom is -0.486 e. The fourth-order valence-electron chi connectivity index (χ4n) is 2.97. The van der Waals surface area contributed by atoms with Crippen LogP contribution in [0.3, 0.4) is 0 Å². The van der Waals surface area contributed by atoms with Crippen molar-refractivity contribution in [1.82, 2.24) is 5.32 Å². The van der Waals surface area contributed by atoms with Crippen LogP contribution in [-0.2, 0) is 11.2 Å². The van der Waals surface area contributed by atoms with Crippen LogP contribution in [0, 0.1) is 0 Å². The van der Waals surface area contributed by atoms with Gasteiger partial charge in [-0.05, 0) is 37.0 Å². The molecule has 2 aliphatic rings. The first-order chi connectivity index (χ1) is 10.2. The number of amides is 1. The van der Waals surface area contributed by atoms with Gasteiger partial charge in [-0.15, -0.1) is 12.4 Å². The van der Waals surface area contributed by atoms with Crippen molar-refractivity contribution in [2.24, 2.45) is 5.73 Å². The van der Waals surface area contributed by atoms with Crippen LogP contribution >= 0.6 is 12.4 Å². The lowest BCUT2D eigenvalue weighted by Gasteiger charge is -2.22. The Balaban J connectivity index is 0.00000176. The number of ether oxygens (including phenoxy) is 2. The predicted molar refractivity (Wildman–Crippen MR) is 86.8 cm³/mol. The Kier molecular flexibility index (Phi) is 5.53. The average Bonchev–Trinajstić information content (AvgIpc) is 2.95. The molecule has 6 heteroatoms. The number of halogens is 1. The van der Waals surface area contributed by atoms with E-state index in [9.17, 15) is 4.79 Å². The molecule has 5 nitrogen and oxygen atoms in total. The van der Waals surface area contributed by atoms with Crippen LogP contribution in [0.25, 0.3) is 0 Å². The lowest BCUT2D eigenvalue weighted by Crippen LogP contribution is -2.52. The summed E-state index contributed by atoms with van der Waals surface area (Å²) >= 11 is 0. The summed E-state index contributed by atoms with van der Waals surface area (Å²) in [6, 6.07) is 5.91. The number of nitrogens with two attached hydrogens (primary N) is 1. The summed E-state index contributed by atoms with van der Waals surface area (Å²) in [6.07, 6.45) is 4.45. The Labute approximate surface area is 137 Å². The maximum Gasteiger partial charge on any atom is 0.240 e. The summed E-state index contributed by atoms with van der Waals surface area (Å²) in [5, 5.41) is 2.96. The molecule has 1 saturated carbocycles. The van der Waals surface area contributed by atoms with E-state index < -0.39 is 5.54 Å². The highest BCUT2D eigenvalue weighted by Gasteiger charge is 2.36. The lowest BCUT2D eigenvalue weighted by molar-refractivity contribution is -0.126. The van der Waals surface area contributed by atoms with Gasteiger partial charge in [-0.25, -0.2) is 0 Å². The van der Waals surface area contributed by atoms with Crippen molar-refractivity contribution in [3.63, 3.8) is 0 Å². The second kappa shape index (κ2) is 7.20. The Bertz CT molecular complexity index is 530. The molecule has 0 radical (unpaired) electrons. The molecule has 1 amide bonds. The number of carbonyl (C=O) groups excluding carboxylic acids is 1. The number of hydrogen-bond donors (Lipinski definition) is 2. The first-order valence-electron chi connectivity index (χ1n) is 7.63. The van der Waals surface area contributed by atoms with Crippen LogP contribution in [0.1, 0.15) is 31.2 Å². The Morgan fingerprint density at radius 2 is 1.86 bits per heavy atom. The van der Waals surface area contributed by atoms with Crippen molar-refractivity contribution in [2.45, 2.75) is 37.6 Å². The molecule has 0 spiro atoms. The normalized spacial score (nSPS) is 18.4. The summed E-state index contributed by atoms with van der Waals surface area (Å²) in [7, 11) is 0. The van der Waals surface area contributed by atoms with Crippen molar-refractivity contribution in [2.75, 3.05) is 19.8 Å². The van der Waals surface area contributed by atoms with Gasteiger partial charge in [0, 0.05) is 6.54 Å². The fraction of sp³-hybridized carbons (Fsp3) is 0.562. The molecule has 122 valence electrons. The molecule has 22 heavy (non-hydrogen) atoms. The Morgan fingerprint density at radius 3 is 2.59 bits per heavy atom. The second-order valence-corrected chi connectivity index (χ2v) is 5.85. The molecule has 3 rings (SSSR count). The van der Waals surface area contributed by atoms with Crippen LogP contribution in [0.5, 0.6) is 11.5 Å². The summed E-state index contributed by atoms with van der Waals surface area (Å²) in [5.74, 6) is 1.56. The third kappa shape index (κ3) is 3.65. The van der Waals surface area contributed by atoms with Crippen LogP contribution in [0.15, 0.2) is 18.2 Å². The van der Waals surface area contributed by atoms with Crippen molar-refractivity contribution in [3.05, 3.63) is 23.8 Å². The van der Waals surface area contributed by atoms with E-state index in [1.807, 2.05) is 18.2 Å². The van der Waals surface area contributed by atoms with Crippen molar-refractivity contribution >= 4 is 18.3 Å². The van der Waals surface area contributed by atoms with Gasteiger partial charge in [-0.2, -0.15) is 0 Å². The summed E-state index contributed by atoms with van der Waals surface area (Å²) in [6.45, 7) is 1.78. The van der Waals surface area contributed by atoms with E-state index in [4.69, 9.17) is 15.2 Å². The van der Waals surface area contributed by atoms with E-state index in [2.05, 4.69) is 5.32 Å². The molecular weight excluding hydrogens is 304 g/mol. The molecule has 0 aromatic heterocycles. The van der Waals surface area contributed by atoms with E-state index in [0.29, 0.717) is 19.8 Å². The third-order valence-corrected chi connectivity index (χ3v) is 4.25. The van der Waals surface area contributed by atoms with Crippen molar-refractivity contribution < 1.29 is 14.3 Å². The number of fused-ring (bicyclic) bond motifs is 1. The zero-order valence-electron chi connectivity index (χ0n) is 12.6. The standard InChI is InChI=1S/C16H22N2O3.ClH/c17-16(6-1-2-7-16)15(19)18-8-5-12-3-4-13-14(11-12)21-10-9-20-13;/h3-4,11H,1-2,5-10,17H2,(H,18,19);1H. The first kappa shape index (κ1) is 16.9. The third-order valence-electron chi connectivity index (χ3n) is 4.25. The van der Waals surface area contributed by atoms with Gasteiger partial charge in [0.05, 0.1) is 5.54 Å². The summed E-state index contributed by atoms with van der Waals surface area (Å²) in [4.78, 5) is 12.1. The fourth-order valence-corrected chi connectivity index (χ4v) is 2.97. The lowest BCUT2D eigenvalue weighted by atomic mass is 9.98. The first-order valence-corrected chi connectivity index (χ1v) is 7.63. The number of hydrogen-bond acceptors (Lipinski definition) is 4. The zero-order chi connectivity index (χ0) is 14.7. The van der Waals surface area contributed by atoms with Crippen molar-refractivity contribution in [1.29, 1.82) is 0 Å². The van der Waals surface area contributed by atoms with Crippen LogP contribution in [-0.4, -0.2) is 31.2 Å². The monoisotopic (exact) mass is 326 g/mol.